The summed E-state index contributed by atoms with van der Waals surface area (Å²) in [6.45, 7) is 15.0. The minimum Gasteiger partial charge on any atom is -0.381 e. The molecule has 0 spiro atoms. The summed E-state index contributed by atoms with van der Waals surface area (Å²) in [5.74, 6) is 2.30. The van der Waals surface area contributed by atoms with E-state index in [1.807, 2.05) is 0 Å². The lowest BCUT2D eigenvalue weighted by atomic mass is 10.1. The summed E-state index contributed by atoms with van der Waals surface area (Å²) in [5.41, 5.74) is 0. The van der Waals surface area contributed by atoms with Crippen LogP contribution in [0.4, 0.5) is 0 Å². The quantitative estimate of drug-likeness (QED) is 0.559. The van der Waals surface area contributed by atoms with E-state index in [1.165, 1.54) is 0 Å². The third-order valence-corrected chi connectivity index (χ3v) is 4.54. The van der Waals surface area contributed by atoms with Crippen molar-refractivity contribution >= 4 is 5.96 Å². The van der Waals surface area contributed by atoms with Crippen molar-refractivity contribution in [2.75, 3.05) is 66.1 Å². The zero-order chi connectivity index (χ0) is 17.4. The number of rotatable bonds is 7. The maximum atomic E-state index is 5.92. The Balaban J connectivity index is 1.84. The van der Waals surface area contributed by atoms with Crippen LogP contribution >= 0.6 is 0 Å². The van der Waals surface area contributed by atoms with Gasteiger partial charge in [-0.3, -0.25) is 9.89 Å². The van der Waals surface area contributed by atoms with Crippen molar-refractivity contribution in [2.45, 2.75) is 33.3 Å². The molecule has 0 aromatic carbocycles. The van der Waals surface area contributed by atoms with E-state index in [-0.39, 0.29) is 6.10 Å². The Hall–Kier alpha value is -0.850. The van der Waals surface area contributed by atoms with Crippen LogP contribution in [0.3, 0.4) is 0 Å². The van der Waals surface area contributed by atoms with E-state index in [1.54, 1.807) is 0 Å². The van der Waals surface area contributed by atoms with Gasteiger partial charge in [0, 0.05) is 52.3 Å². The molecule has 0 bridgehead atoms. The van der Waals surface area contributed by atoms with Gasteiger partial charge in [-0.25, -0.2) is 0 Å². The summed E-state index contributed by atoms with van der Waals surface area (Å²) in [6, 6.07) is 0. The van der Waals surface area contributed by atoms with Crippen LogP contribution in [0.5, 0.6) is 0 Å². The molecule has 0 saturated carbocycles. The Morgan fingerprint density at radius 2 is 2.21 bits per heavy atom. The highest BCUT2D eigenvalue weighted by Gasteiger charge is 2.22. The number of ether oxygens (including phenoxy) is 2. The molecule has 0 radical (unpaired) electrons. The zero-order valence-electron chi connectivity index (χ0n) is 16.0. The highest BCUT2D eigenvalue weighted by Crippen LogP contribution is 2.13. The molecule has 2 unspecified atom stereocenters. The number of nitrogens with zero attached hydrogens (tertiary/aromatic N) is 3. The molecule has 0 amide bonds. The van der Waals surface area contributed by atoms with E-state index in [9.17, 15) is 0 Å². The molecule has 1 N–H and O–H groups in total. The first kappa shape index (κ1) is 19.5. The van der Waals surface area contributed by atoms with Gasteiger partial charge >= 0.3 is 0 Å². The Kier molecular flexibility index (Phi) is 8.29. The molecular formula is C18H36N4O2. The number of guanidine groups is 1. The van der Waals surface area contributed by atoms with Crippen molar-refractivity contribution in [3.63, 3.8) is 0 Å². The molecule has 2 aliphatic heterocycles. The van der Waals surface area contributed by atoms with E-state index in [0.717, 1.165) is 71.5 Å². The second-order valence-corrected chi connectivity index (χ2v) is 7.45. The van der Waals surface area contributed by atoms with Crippen molar-refractivity contribution < 1.29 is 9.47 Å². The molecule has 0 aliphatic carbocycles. The summed E-state index contributed by atoms with van der Waals surface area (Å²) in [5, 5.41) is 3.41. The van der Waals surface area contributed by atoms with Gasteiger partial charge in [0.05, 0.1) is 25.9 Å². The lowest BCUT2D eigenvalue weighted by molar-refractivity contribution is -0.0262. The molecule has 140 valence electrons. The summed E-state index contributed by atoms with van der Waals surface area (Å²) in [7, 11) is 2.12. The Morgan fingerprint density at radius 3 is 2.88 bits per heavy atom. The highest BCUT2D eigenvalue weighted by molar-refractivity contribution is 5.79. The second-order valence-electron chi connectivity index (χ2n) is 7.45. The monoisotopic (exact) mass is 340 g/mol. The molecular weight excluding hydrogens is 304 g/mol. The number of aliphatic imine (C=N–C) groups is 1. The standard InChI is InChI=1S/C18H36N4O2/c1-5-19-18(21(4)12-16-6-8-23-14-16)20-10-17-13-22(7-9-24-17)11-15(2)3/h15-17H,5-14H2,1-4H3,(H,19,20). The van der Waals surface area contributed by atoms with Crippen LogP contribution in [0, 0.1) is 11.8 Å². The van der Waals surface area contributed by atoms with E-state index in [0.29, 0.717) is 11.8 Å². The van der Waals surface area contributed by atoms with Gasteiger partial charge in [-0.2, -0.15) is 0 Å². The van der Waals surface area contributed by atoms with Crippen LogP contribution in [0.1, 0.15) is 27.2 Å². The summed E-state index contributed by atoms with van der Waals surface area (Å²) in [4.78, 5) is 9.57. The van der Waals surface area contributed by atoms with Gasteiger partial charge in [-0.15, -0.1) is 0 Å². The van der Waals surface area contributed by atoms with E-state index in [4.69, 9.17) is 14.5 Å². The molecule has 24 heavy (non-hydrogen) atoms. The molecule has 0 aromatic heterocycles. The minimum atomic E-state index is 0.203. The third kappa shape index (κ3) is 6.57. The lowest BCUT2D eigenvalue weighted by Crippen LogP contribution is -2.46. The van der Waals surface area contributed by atoms with E-state index >= 15 is 0 Å². The smallest absolute Gasteiger partial charge is 0.193 e. The van der Waals surface area contributed by atoms with Gasteiger partial charge in [-0.1, -0.05) is 13.8 Å². The number of nitrogens with one attached hydrogen (secondary N) is 1. The normalized spacial score (nSPS) is 26.1. The minimum absolute atomic E-state index is 0.203. The molecule has 2 atom stereocenters. The molecule has 6 nitrogen and oxygen atoms in total. The maximum absolute atomic E-state index is 5.92. The maximum Gasteiger partial charge on any atom is 0.193 e. The van der Waals surface area contributed by atoms with Gasteiger partial charge in [0.1, 0.15) is 0 Å². The number of hydrogen-bond acceptors (Lipinski definition) is 4. The molecule has 0 aromatic rings. The number of morpholine rings is 1. The van der Waals surface area contributed by atoms with E-state index < -0.39 is 0 Å². The molecule has 2 fully saturated rings. The lowest BCUT2D eigenvalue weighted by Gasteiger charge is -2.33. The first-order valence-electron chi connectivity index (χ1n) is 9.49. The average molecular weight is 341 g/mol. The predicted molar refractivity (Wildman–Crippen MR) is 98.6 cm³/mol. The van der Waals surface area contributed by atoms with E-state index in [2.05, 4.69) is 42.9 Å². The molecule has 2 heterocycles. The van der Waals surface area contributed by atoms with Crippen LogP contribution in [-0.2, 0) is 9.47 Å². The molecule has 6 heteroatoms. The Morgan fingerprint density at radius 1 is 1.38 bits per heavy atom. The van der Waals surface area contributed by atoms with Crippen LogP contribution in [-0.4, -0.2) is 88.0 Å². The zero-order valence-corrected chi connectivity index (χ0v) is 16.0. The van der Waals surface area contributed by atoms with Crippen LogP contribution in [0.25, 0.3) is 0 Å². The van der Waals surface area contributed by atoms with Gasteiger partial charge < -0.3 is 19.7 Å². The van der Waals surface area contributed by atoms with Crippen LogP contribution < -0.4 is 5.32 Å². The van der Waals surface area contributed by atoms with Gasteiger partial charge in [0.2, 0.25) is 0 Å². The molecule has 2 saturated heterocycles. The van der Waals surface area contributed by atoms with Crippen LogP contribution in [0.15, 0.2) is 4.99 Å². The van der Waals surface area contributed by atoms with Crippen molar-refractivity contribution in [2.24, 2.45) is 16.8 Å². The fourth-order valence-electron chi connectivity index (χ4n) is 3.43. The fraction of sp³-hybridized carbons (Fsp3) is 0.944. The van der Waals surface area contributed by atoms with Crippen molar-refractivity contribution in [3.05, 3.63) is 0 Å². The summed E-state index contributed by atoms with van der Waals surface area (Å²) >= 11 is 0. The Labute approximate surface area is 147 Å². The van der Waals surface area contributed by atoms with Crippen LogP contribution in [0.2, 0.25) is 0 Å². The largest absolute Gasteiger partial charge is 0.381 e. The van der Waals surface area contributed by atoms with Gasteiger partial charge in [-0.05, 0) is 19.3 Å². The van der Waals surface area contributed by atoms with Crippen molar-refractivity contribution in [3.8, 4) is 0 Å². The first-order chi connectivity index (χ1) is 11.6. The topological polar surface area (TPSA) is 49.3 Å². The Bertz CT molecular complexity index is 383. The highest BCUT2D eigenvalue weighted by atomic mass is 16.5. The summed E-state index contributed by atoms with van der Waals surface area (Å²) < 4.78 is 11.4. The average Bonchev–Trinajstić information content (AvgIpc) is 3.04. The van der Waals surface area contributed by atoms with Gasteiger partial charge in [0.25, 0.3) is 0 Å². The summed E-state index contributed by atoms with van der Waals surface area (Å²) in [6.07, 6.45) is 1.36. The van der Waals surface area contributed by atoms with Gasteiger partial charge in [0.15, 0.2) is 5.96 Å². The predicted octanol–water partition coefficient (Wildman–Crippen LogP) is 1.28. The molecule has 2 aliphatic rings. The SMILES string of the molecule is CCNC(=NCC1CN(CC(C)C)CCO1)N(C)CC1CCOC1. The van der Waals surface area contributed by atoms with Crippen molar-refractivity contribution in [1.82, 2.24) is 15.1 Å². The second kappa shape index (κ2) is 10.2. The molecule has 2 rings (SSSR count). The first-order valence-corrected chi connectivity index (χ1v) is 9.49. The third-order valence-electron chi connectivity index (χ3n) is 4.54. The number of hydrogen-bond donors (Lipinski definition) is 1. The van der Waals surface area contributed by atoms with Crippen molar-refractivity contribution in [1.29, 1.82) is 0 Å². The fourth-order valence-corrected chi connectivity index (χ4v) is 3.43.